The molecule has 1 N–H and O–H groups in total. The summed E-state index contributed by atoms with van der Waals surface area (Å²) in [4.78, 5) is 0. The third-order valence-corrected chi connectivity index (χ3v) is 2.83. The van der Waals surface area contributed by atoms with E-state index >= 15 is 0 Å². The van der Waals surface area contributed by atoms with E-state index in [1.54, 1.807) is 7.11 Å². The summed E-state index contributed by atoms with van der Waals surface area (Å²) in [7, 11) is 1.64. The van der Waals surface area contributed by atoms with E-state index in [4.69, 9.17) is 9.47 Å². The molecule has 2 atom stereocenters. The molecule has 0 spiro atoms. The molecule has 1 fully saturated rings. The van der Waals surface area contributed by atoms with Crippen molar-refractivity contribution in [3.63, 3.8) is 0 Å². The monoisotopic (exact) mass is 188 g/mol. The van der Waals surface area contributed by atoms with Gasteiger partial charge < -0.3 is 14.6 Å². The van der Waals surface area contributed by atoms with Crippen molar-refractivity contribution in [1.82, 2.24) is 0 Å². The summed E-state index contributed by atoms with van der Waals surface area (Å²) < 4.78 is 10.3. The first kappa shape index (κ1) is 11.0. The summed E-state index contributed by atoms with van der Waals surface area (Å²) in [5.41, 5.74) is 0. The molecule has 0 aromatic rings. The fourth-order valence-corrected chi connectivity index (χ4v) is 1.67. The topological polar surface area (TPSA) is 38.7 Å². The van der Waals surface area contributed by atoms with Crippen LogP contribution in [0.2, 0.25) is 0 Å². The Morgan fingerprint density at radius 2 is 2.08 bits per heavy atom. The molecule has 1 aliphatic heterocycles. The van der Waals surface area contributed by atoms with Gasteiger partial charge in [0, 0.05) is 20.3 Å². The fourth-order valence-electron chi connectivity index (χ4n) is 1.67. The predicted molar refractivity (Wildman–Crippen MR) is 50.6 cm³/mol. The largest absolute Gasteiger partial charge is 0.390 e. The molecule has 2 unspecified atom stereocenters. The quantitative estimate of drug-likeness (QED) is 0.720. The minimum atomic E-state index is -0.326. The van der Waals surface area contributed by atoms with Crippen molar-refractivity contribution in [1.29, 1.82) is 0 Å². The predicted octanol–water partition coefficient (Wildman–Crippen LogP) is 1.20. The van der Waals surface area contributed by atoms with Crippen LogP contribution in [0.25, 0.3) is 0 Å². The van der Waals surface area contributed by atoms with Gasteiger partial charge in [0.2, 0.25) is 0 Å². The van der Waals surface area contributed by atoms with Gasteiger partial charge in [-0.3, -0.25) is 0 Å². The number of ether oxygens (including phenoxy) is 2. The summed E-state index contributed by atoms with van der Waals surface area (Å²) in [5.74, 6) is 0.612. The first-order chi connectivity index (χ1) is 6.24. The lowest BCUT2D eigenvalue weighted by Crippen LogP contribution is -2.29. The zero-order valence-electron chi connectivity index (χ0n) is 8.53. The second-order valence-electron chi connectivity index (χ2n) is 3.80. The molecule has 1 aliphatic rings. The van der Waals surface area contributed by atoms with E-state index in [2.05, 4.69) is 0 Å². The number of hydrogen-bond donors (Lipinski definition) is 1. The van der Waals surface area contributed by atoms with Crippen molar-refractivity contribution in [2.75, 3.05) is 20.3 Å². The zero-order valence-corrected chi connectivity index (χ0v) is 8.53. The summed E-state index contributed by atoms with van der Waals surface area (Å²) in [5, 5.41) is 9.70. The first-order valence-electron chi connectivity index (χ1n) is 5.02. The lowest BCUT2D eigenvalue weighted by atomic mass is 9.92. The summed E-state index contributed by atoms with van der Waals surface area (Å²) in [6.45, 7) is 3.60. The van der Waals surface area contributed by atoms with Crippen LogP contribution in [0, 0.1) is 5.92 Å². The highest BCUT2D eigenvalue weighted by Gasteiger charge is 2.21. The molecule has 3 heteroatoms. The molecule has 0 saturated carbocycles. The summed E-state index contributed by atoms with van der Waals surface area (Å²) in [6.07, 6.45) is 2.62. The highest BCUT2D eigenvalue weighted by molar-refractivity contribution is 4.71. The lowest BCUT2D eigenvalue weighted by Gasteiger charge is -2.26. The molecule has 0 amide bonds. The molecule has 0 radical (unpaired) electrons. The maximum Gasteiger partial charge on any atom is 0.0802 e. The van der Waals surface area contributed by atoms with E-state index < -0.39 is 0 Å². The van der Waals surface area contributed by atoms with Crippen molar-refractivity contribution >= 4 is 0 Å². The van der Waals surface area contributed by atoms with Crippen LogP contribution < -0.4 is 0 Å². The van der Waals surface area contributed by atoms with Gasteiger partial charge in [-0.25, -0.2) is 0 Å². The molecule has 0 aromatic heterocycles. The van der Waals surface area contributed by atoms with Crippen LogP contribution in [0.4, 0.5) is 0 Å². The van der Waals surface area contributed by atoms with Crippen LogP contribution in [-0.4, -0.2) is 37.6 Å². The van der Waals surface area contributed by atoms with E-state index in [9.17, 15) is 5.11 Å². The Morgan fingerprint density at radius 1 is 1.46 bits per heavy atom. The van der Waals surface area contributed by atoms with Gasteiger partial charge in [-0.2, -0.15) is 0 Å². The van der Waals surface area contributed by atoms with Crippen molar-refractivity contribution in [2.24, 2.45) is 5.92 Å². The summed E-state index contributed by atoms with van der Waals surface area (Å²) >= 11 is 0. The number of hydrogen-bond acceptors (Lipinski definition) is 3. The van der Waals surface area contributed by atoms with Crippen LogP contribution in [0.3, 0.4) is 0 Å². The summed E-state index contributed by atoms with van der Waals surface area (Å²) in [6, 6.07) is 0. The SMILES string of the molecule is COC(C)C(O)CC1CCOCC1. The second-order valence-corrected chi connectivity index (χ2v) is 3.80. The van der Waals surface area contributed by atoms with Gasteiger partial charge in [0.15, 0.2) is 0 Å². The van der Waals surface area contributed by atoms with Crippen LogP contribution in [-0.2, 0) is 9.47 Å². The maximum atomic E-state index is 9.70. The van der Waals surface area contributed by atoms with Crippen molar-refractivity contribution in [3.8, 4) is 0 Å². The van der Waals surface area contributed by atoms with Gasteiger partial charge in [0.1, 0.15) is 0 Å². The number of methoxy groups -OCH3 is 1. The highest BCUT2D eigenvalue weighted by Crippen LogP contribution is 2.21. The van der Waals surface area contributed by atoms with Gasteiger partial charge >= 0.3 is 0 Å². The molecular weight excluding hydrogens is 168 g/mol. The Bertz CT molecular complexity index is 132. The standard InChI is InChI=1S/C10H20O3/c1-8(12-2)10(11)7-9-3-5-13-6-4-9/h8-11H,3-7H2,1-2H3. The van der Waals surface area contributed by atoms with Gasteiger partial charge in [0.25, 0.3) is 0 Å². The number of aliphatic hydroxyl groups is 1. The van der Waals surface area contributed by atoms with Gasteiger partial charge in [0.05, 0.1) is 12.2 Å². The molecule has 0 bridgehead atoms. The van der Waals surface area contributed by atoms with Crippen LogP contribution in [0.15, 0.2) is 0 Å². The molecule has 1 rings (SSSR count). The van der Waals surface area contributed by atoms with Crippen LogP contribution in [0.5, 0.6) is 0 Å². The highest BCUT2D eigenvalue weighted by atomic mass is 16.5. The molecular formula is C10H20O3. The minimum absolute atomic E-state index is 0.0529. The normalized spacial score (nSPS) is 24.2. The number of aliphatic hydroxyl groups excluding tert-OH is 1. The van der Waals surface area contributed by atoms with Crippen molar-refractivity contribution < 1.29 is 14.6 Å². The molecule has 0 aliphatic carbocycles. The Morgan fingerprint density at radius 3 is 2.62 bits per heavy atom. The molecule has 78 valence electrons. The maximum absolute atomic E-state index is 9.70. The smallest absolute Gasteiger partial charge is 0.0802 e. The number of rotatable bonds is 4. The molecule has 1 saturated heterocycles. The van der Waals surface area contributed by atoms with Gasteiger partial charge in [-0.15, -0.1) is 0 Å². The molecule has 3 nitrogen and oxygen atoms in total. The third kappa shape index (κ3) is 3.63. The van der Waals surface area contributed by atoms with E-state index in [1.807, 2.05) is 6.92 Å². The van der Waals surface area contributed by atoms with Gasteiger partial charge in [-0.1, -0.05) is 0 Å². The van der Waals surface area contributed by atoms with Crippen LogP contribution >= 0.6 is 0 Å². The van der Waals surface area contributed by atoms with E-state index in [-0.39, 0.29) is 12.2 Å². The zero-order chi connectivity index (χ0) is 9.68. The first-order valence-corrected chi connectivity index (χ1v) is 5.02. The second kappa shape index (κ2) is 5.58. The van der Waals surface area contributed by atoms with E-state index in [1.165, 1.54) is 0 Å². The Labute approximate surface area is 80.0 Å². The molecule has 13 heavy (non-hydrogen) atoms. The average molecular weight is 188 g/mol. The Kier molecular flexibility index (Phi) is 4.70. The average Bonchev–Trinajstić information content (AvgIpc) is 2.18. The third-order valence-electron chi connectivity index (χ3n) is 2.83. The van der Waals surface area contributed by atoms with E-state index in [0.717, 1.165) is 32.5 Å². The van der Waals surface area contributed by atoms with Crippen LogP contribution in [0.1, 0.15) is 26.2 Å². The lowest BCUT2D eigenvalue weighted by molar-refractivity contribution is -0.0248. The van der Waals surface area contributed by atoms with Gasteiger partial charge in [-0.05, 0) is 32.1 Å². The van der Waals surface area contributed by atoms with E-state index in [0.29, 0.717) is 5.92 Å². The molecule has 0 aromatic carbocycles. The fraction of sp³-hybridized carbons (Fsp3) is 1.00. The van der Waals surface area contributed by atoms with Crippen molar-refractivity contribution in [3.05, 3.63) is 0 Å². The Hall–Kier alpha value is -0.120. The molecule has 1 heterocycles. The van der Waals surface area contributed by atoms with Crippen molar-refractivity contribution in [2.45, 2.75) is 38.4 Å². The minimum Gasteiger partial charge on any atom is -0.390 e. The Balaban J connectivity index is 2.21.